The molecule has 0 bridgehead atoms. The molecule has 12 aromatic heterocycles. The molecular weight excluding hydrogens is 1420 g/mol. The van der Waals surface area contributed by atoms with Crippen molar-refractivity contribution in [2.45, 2.75) is 131 Å². The number of pyridine rings is 3. The van der Waals surface area contributed by atoms with Gasteiger partial charge in [0.05, 0.1) is 127 Å². The number of anilines is 3. The van der Waals surface area contributed by atoms with Crippen molar-refractivity contribution in [3.8, 4) is 33.8 Å². The van der Waals surface area contributed by atoms with Crippen LogP contribution in [-0.2, 0) is 42.6 Å². The van der Waals surface area contributed by atoms with E-state index in [1.807, 2.05) is 75.7 Å². The number of fused-ring (bicyclic) bond motifs is 6. The number of aromatic nitrogens is 15. The van der Waals surface area contributed by atoms with Crippen LogP contribution in [0, 0.1) is 0 Å². The topological polar surface area (TPSA) is 350 Å². The van der Waals surface area contributed by atoms with Gasteiger partial charge in [0.1, 0.15) is 35.3 Å². The highest BCUT2D eigenvalue weighted by atomic mass is 16.5. The number of ether oxygens (including phenoxy) is 9. The van der Waals surface area contributed by atoms with Gasteiger partial charge in [-0.05, 0) is 112 Å². The zero-order chi connectivity index (χ0) is 76.6. The molecule has 3 amide bonds. The minimum Gasteiger partial charge on any atom is -0.385 e. The number of hydrogen-bond donors (Lipinski definition) is 6. The first-order valence-corrected chi connectivity index (χ1v) is 37.8. The number of carbonyl (C=O) groups excluding carboxylic acids is 3. The Morgan fingerprint density at radius 1 is 0.378 bits per heavy atom. The third-order valence-corrected chi connectivity index (χ3v) is 22.8. The number of amides is 3. The number of carbonyl (C=O) groups is 3. The molecule has 3 saturated heterocycles. The lowest BCUT2D eigenvalue weighted by Crippen LogP contribution is -2.51. The smallest absolute Gasteiger partial charge is 0.271 e. The summed E-state index contributed by atoms with van der Waals surface area (Å²) in [4.78, 5) is 67.2. The van der Waals surface area contributed by atoms with Crippen LogP contribution in [0.2, 0.25) is 0 Å². The maximum Gasteiger partial charge on any atom is 0.271 e. The monoisotopic (exact) mass is 1520 g/mol. The van der Waals surface area contributed by atoms with Gasteiger partial charge in [0.25, 0.3) is 17.7 Å². The van der Waals surface area contributed by atoms with Crippen molar-refractivity contribution in [3.05, 3.63) is 127 Å². The normalized spacial score (nSPS) is 23.8. The van der Waals surface area contributed by atoms with Gasteiger partial charge in [-0.15, -0.1) is 0 Å². The van der Waals surface area contributed by atoms with Crippen LogP contribution in [0.5, 0.6) is 0 Å². The second-order valence-corrected chi connectivity index (χ2v) is 28.6. The van der Waals surface area contributed by atoms with Crippen molar-refractivity contribution in [2.24, 2.45) is 0 Å². The predicted octanol–water partition coefficient (Wildman–Crippen LogP) is 8.01. The van der Waals surface area contributed by atoms with Crippen molar-refractivity contribution in [2.75, 3.05) is 119 Å². The molecule has 33 nitrogen and oxygen atoms in total. The Balaban J connectivity index is 0.000000126. The molecule has 15 heterocycles. The summed E-state index contributed by atoms with van der Waals surface area (Å²) >= 11 is 0. The lowest BCUT2D eigenvalue weighted by molar-refractivity contribution is -0.0592. The minimum atomic E-state index is -0.222. The molecule has 0 radical (unpaired) electrons. The molecule has 3 aliphatic carbocycles. The molecule has 6 N–H and O–H groups in total. The van der Waals surface area contributed by atoms with E-state index in [9.17, 15) is 14.4 Å². The lowest BCUT2D eigenvalue weighted by Gasteiger charge is -2.35. The summed E-state index contributed by atoms with van der Waals surface area (Å²) in [6.07, 6.45) is 24.2. The van der Waals surface area contributed by atoms with Crippen LogP contribution in [0.25, 0.3) is 83.8 Å². The van der Waals surface area contributed by atoms with Gasteiger partial charge in [-0.25, -0.2) is 43.5 Å². The summed E-state index contributed by atoms with van der Waals surface area (Å²) in [6.45, 7) is 3.61. The number of imidazole rings is 3. The number of rotatable bonds is 21. The molecule has 18 rings (SSSR count). The summed E-state index contributed by atoms with van der Waals surface area (Å²) in [6, 6.07) is 18.0. The fourth-order valence-electron chi connectivity index (χ4n) is 16.1. The third kappa shape index (κ3) is 14.0. The van der Waals surface area contributed by atoms with Crippen LogP contribution in [-0.4, -0.2) is 248 Å². The van der Waals surface area contributed by atoms with Gasteiger partial charge in [-0.1, -0.05) is 0 Å². The van der Waals surface area contributed by atoms with Gasteiger partial charge in [0, 0.05) is 154 Å². The quantitative estimate of drug-likeness (QED) is 0.0396. The lowest BCUT2D eigenvalue weighted by atomic mass is 9.89. The van der Waals surface area contributed by atoms with Gasteiger partial charge < -0.3 is 88.2 Å². The molecule has 33 heteroatoms. The Kier molecular flexibility index (Phi) is 21.7. The van der Waals surface area contributed by atoms with E-state index >= 15 is 0 Å². The molecule has 12 atom stereocenters. The van der Waals surface area contributed by atoms with E-state index in [2.05, 4.69) is 79.1 Å². The molecule has 6 aliphatic rings. The Morgan fingerprint density at radius 2 is 0.667 bits per heavy atom. The summed E-state index contributed by atoms with van der Waals surface area (Å²) < 4.78 is 61.9. The van der Waals surface area contributed by atoms with Gasteiger partial charge in [-0.3, -0.25) is 14.4 Å². The fraction of sp³-hybridized carbons (Fsp3) is 0.462. The maximum atomic E-state index is 13.2. The summed E-state index contributed by atoms with van der Waals surface area (Å²) in [5, 5.41) is 36.5. The Bertz CT molecular complexity index is 4860. The molecular formula is C78H93N21O12. The Morgan fingerprint density at radius 3 is 0.919 bits per heavy atom. The van der Waals surface area contributed by atoms with Crippen molar-refractivity contribution in [1.82, 2.24) is 88.4 Å². The molecule has 6 fully saturated rings. The first-order chi connectivity index (χ1) is 54.4. The average Bonchev–Trinajstić information content (AvgIpc) is 1.60. The van der Waals surface area contributed by atoms with Crippen LogP contribution < -0.4 is 31.9 Å². The molecule has 0 unspecified atom stereocenters. The number of methoxy groups -OCH3 is 6. The van der Waals surface area contributed by atoms with Gasteiger partial charge in [0.2, 0.25) is 0 Å². The highest BCUT2D eigenvalue weighted by Crippen LogP contribution is 2.41. The SMILES string of the molecule is CNc1cc(-c2cn([C@@H]3CCOC[C@H]3OC)c3ncccc23)nn2c(C(=O)N[C@@H]3CC[C@H]3OC)cnc12.CNc1cc(-c2cn([C@@H]3CCOC[C@H]3OC)c3ncccc23)nn2c(C(=O)N[C@H]3CC[C@@H]3OC)cnc12.CNc1cc(-c2cn([C@H]3CCOC[C@@H]3OC)c3ncccc23)nn2c(C(=O)N[C@@H]3CC[C@H]3OC)cnc12. The first-order valence-electron chi connectivity index (χ1n) is 37.8. The number of hydrogen-bond acceptors (Lipinski definition) is 24. The average molecular weight is 1520 g/mol. The molecule has 582 valence electrons. The van der Waals surface area contributed by atoms with Crippen molar-refractivity contribution in [1.29, 1.82) is 0 Å². The Hall–Kier alpha value is -10.6. The maximum absolute atomic E-state index is 13.2. The van der Waals surface area contributed by atoms with Crippen LogP contribution in [0.3, 0.4) is 0 Å². The number of nitrogens with zero attached hydrogens (tertiary/aromatic N) is 15. The van der Waals surface area contributed by atoms with E-state index in [4.69, 9.17) is 72.9 Å². The zero-order valence-electron chi connectivity index (χ0n) is 63.5. The molecule has 0 aromatic carbocycles. The molecule has 3 aliphatic heterocycles. The summed E-state index contributed by atoms with van der Waals surface area (Å²) in [5.41, 5.74) is 12.6. The number of nitrogens with one attached hydrogen (secondary N) is 6. The standard InChI is InChI=1S/3C26H31N7O4/c3*1-27-19-11-18(31-33-21(12-29-25(19)33)26(34)30-17-6-7-22(17)35-2)16-13-32(24-15(16)5-4-9-28-24)20-8-10-37-14-23(20)36-3/h3*4-5,9,11-13,17,20,22-23,27H,6-8,10,14H2,1-3H3,(H,30,34)/t2*17-,20+,22-,23+;17-,20-,22-,23-/m101/s1. The molecule has 3 saturated carbocycles. The van der Waals surface area contributed by atoms with E-state index in [1.54, 1.807) is 93.4 Å². The second-order valence-electron chi connectivity index (χ2n) is 28.6. The molecule has 111 heavy (non-hydrogen) atoms. The zero-order valence-corrected chi connectivity index (χ0v) is 63.5. The minimum absolute atomic E-state index is 0.00717. The highest BCUT2D eigenvalue weighted by Gasteiger charge is 2.38. The third-order valence-electron chi connectivity index (χ3n) is 22.8. The van der Waals surface area contributed by atoms with Crippen LogP contribution in [0.4, 0.5) is 17.1 Å². The van der Waals surface area contributed by atoms with Crippen LogP contribution in [0.1, 0.15) is 107 Å². The van der Waals surface area contributed by atoms with Gasteiger partial charge >= 0.3 is 0 Å². The van der Waals surface area contributed by atoms with E-state index in [0.29, 0.717) is 90.7 Å². The molecule has 12 aromatic rings. The van der Waals surface area contributed by atoms with Crippen molar-refractivity contribution < 1.29 is 57.0 Å². The van der Waals surface area contributed by atoms with Gasteiger partial charge in [-0.2, -0.15) is 15.3 Å². The highest BCUT2D eigenvalue weighted by molar-refractivity contribution is 5.99. The van der Waals surface area contributed by atoms with E-state index in [0.717, 1.165) is 125 Å². The van der Waals surface area contributed by atoms with Crippen molar-refractivity contribution in [3.63, 3.8) is 0 Å². The van der Waals surface area contributed by atoms with E-state index in [1.165, 1.54) is 0 Å². The van der Waals surface area contributed by atoms with E-state index in [-0.39, 0.29) is 90.6 Å². The molecule has 0 spiro atoms. The second kappa shape index (κ2) is 32.4. The Labute approximate surface area is 638 Å². The van der Waals surface area contributed by atoms with Crippen molar-refractivity contribution >= 4 is 84.8 Å². The summed E-state index contributed by atoms with van der Waals surface area (Å²) in [7, 11) is 15.7. The van der Waals surface area contributed by atoms with Crippen LogP contribution in [0.15, 0.2) is 110 Å². The largest absolute Gasteiger partial charge is 0.385 e. The summed E-state index contributed by atoms with van der Waals surface area (Å²) in [5.74, 6) is -0.666. The van der Waals surface area contributed by atoms with E-state index < -0.39 is 0 Å². The predicted molar refractivity (Wildman–Crippen MR) is 413 cm³/mol. The fourth-order valence-corrected chi connectivity index (χ4v) is 16.1. The van der Waals surface area contributed by atoms with Gasteiger partial charge in [0.15, 0.2) is 34.0 Å². The first kappa shape index (κ1) is 74.5. The van der Waals surface area contributed by atoms with Crippen LogP contribution >= 0.6 is 0 Å².